The molecule has 0 spiro atoms. The van der Waals surface area contributed by atoms with Crippen molar-refractivity contribution >= 4 is 17.7 Å². The normalized spacial score (nSPS) is 11.1. The lowest BCUT2D eigenvalue weighted by molar-refractivity contribution is 0.256. The largest absolute Gasteiger partial charge is 0.356 e. The van der Waals surface area contributed by atoms with Gasteiger partial charge in [0.05, 0.1) is 0 Å². The second kappa shape index (κ2) is 9.00. The van der Waals surface area contributed by atoms with E-state index in [1.165, 1.54) is 12.8 Å². The number of hydrogen-bond donors (Lipinski definition) is 3. The van der Waals surface area contributed by atoms with E-state index in [1.54, 1.807) is 7.05 Å². The number of carbonyl (C=O) groups excluding carboxylic acids is 1. The maximum absolute atomic E-state index is 12.0. The smallest absolute Gasteiger partial charge is 0.326 e. The van der Waals surface area contributed by atoms with E-state index in [2.05, 4.69) is 27.9 Å². The Kier molecular flexibility index (Phi) is 7.29. The molecule has 5 heteroatoms. The van der Waals surface area contributed by atoms with Crippen LogP contribution in [0.25, 0.3) is 0 Å². The predicted molar refractivity (Wildman–Crippen MR) is 89.0 cm³/mol. The topological polar surface area (TPSA) is 65.5 Å². The monoisotopic (exact) mass is 290 g/mol. The fraction of sp³-hybridized carbons (Fsp3) is 0.500. The first-order chi connectivity index (χ1) is 10.1. The van der Waals surface area contributed by atoms with Crippen molar-refractivity contribution in [2.45, 2.75) is 40.0 Å². The number of unbranched alkanes of at least 4 members (excludes halogenated alkanes) is 2. The van der Waals surface area contributed by atoms with Crippen molar-refractivity contribution in [1.82, 2.24) is 10.6 Å². The Bertz CT molecular complexity index is 477. The van der Waals surface area contributed by atoms with Crippen LogP contribution in [0.3, 0.4) is 0 Å². The number of urea groups is 1. The van der Waals surface area contributed by atoms with Crippen LogP contribution >= 0.6 is 0 Å². The van der Waals surface area contributed by atoms with Crippen LogP contribution in [0.4, 0.5) is 10.5 Å². The average molecular weight is 290 g/mol. The van der Waals surface area contributed by atoms with Crippen molar-refractivity contribution in [3.8, 4) is 0 Å². The number of para-hydroxylation sites is 1. The quantitative estimate of drug-likeness (QED) is 0.443. The molecule has 3 N–H and O–H groups in total. The number of aryl methyl sites for hydroxylation is 2. The number of benzene rings is 1. The van der Waals surface area contributed by atoms with Crippen LogP contribution in [-0.2, 0) is 0 Å². The fourth-order valence-corrected chi connectivity index (χ4v) is 2.02. The summed E-state index contributed by atoms with van der Waals surface area (Å²) in [5.74, 6) is 0.495. The summed E-state index contributed by atoms with van der Waals surface area (Å²) in [4.78, 5) is 16.1. The molecule has 0 fully saturated rings. The SMILES string of the molecule is CCCCCNC(=NC)NC(=O)Nc1c(C)cccc1C. The molecular weight excluding hydrogens is 264 g/mol. The molecule has 0 aliphatic rings. The van der Waals surface area contributed by atoms with Gasteiger partial charge in [-0.2, -0.15) is 0 Å². The number of rotatable bonds is 5. The molecule has 0 radical (unpaired) electrons. The van der Waals surface area contributed by atoms with E-state index in [0.717, 1.165) is 29.8 Å². The van der Waals surface area contributed by atoms with Crippen molar-refractivity contribution in [1.29, 1.82) is 0 Å². The van der Waals surface area contributed by atoms with E-state index in [9.17, 15) is 4.79 Å². The zero-order chi connectivity index (χ0) is 15.7. The number of nitrogens with zero attached hydrogens (tertiary/aromatic N) is 1. The van der Waals surface area contributed by atoms with Gasteiger partial charge in [-0.1, -0.05) is 38.0 Å². The summed E-state index contributed by atoms with van der Waals surface area (Å²) in [6.07, 6.45) is 3.40. The number of guanidine groups is 1. The molecule has 0 atom stereocenters. The molecule has 0 aliphatic carbocycles. The van der Waals surface area contributed by atoms with Crippen LogP contribution in [0, 0.1) is 13.8 Å². The summed E-state index contributed by atoms with van der Waals surface area (Å²) < 4.78 is 0. The van der Waals surface area contributed by atoms with Gasteiger partial charge in [-0.25, -0.2) is 4.79 Å². The molecule has 0 aliphatic heterocycles. The standard InChI is InChI=1S/C16H26N4O/c1-5-6-7-11-18-15(17-4)20-16(21)19-14-12(2)9-8-10-13(14)3/h8-10H,5-7,11H2,1-4H3,(H3,17,18,19,20,21). The molecule has 2 amide bonds. The van der Waals surface area contributed by atoms with Gasteiger partial charge in [0.25, 0.3) is 0 Å². The lowest BCUT2D eigenvalue weighted by Crippen LogP contribution is -2.43. The Labute approximate surface area is 127 Å². The summed E-state index contributed by atoms with van der Waals surface area (Å²) >= 11 is 0. The summed E-state index contributed by atoms with van der Waals surface area (Å²) in [5.41, 5.74) is 2.92. The summed E-state index contributed by atoms with van der Waals surface area (Å²) in [6, 6.07) is 5.64. The number of anilines is 1. The second-order valence-corrected chi connectivity index (χ2v) is 5.05. The minimum Gasteiger partial charge on any atom is -0.356 e. The number of nitrogens with one attached hydrogen (secondary N) is 3. The van der Waals surface area contributed by atoms with E-state index in [-0.39, 0.29) is 6.03 Å². The van der Waals surface area contributed by atoms with Gasteiger partial charge in [0.2, 0.25) is 0 Å². The first kappa shape index (κ1) is 17.0. The zero-order valence-corrected chi connectivity index (χ0v) is 13.4. The van der Waals surface area contributed by atoms with Crippen LogP contribution < -0.4 is 16.0 Å². The van der Waals surface area contributed by atoms with Gasteiger partial charge in [0, 0.05) is 19.3 Å². The molecule has 0 bridgehead atoms. The Balaban J connectivity index is 2.52. The van der Waals surface area contributed by atoms with E-state index >= 15 is 0 Å². The highest BCUT2D eigenvalue weighted by molar-refractivity contribution is 6.02. The Morgan fingerprint density at radius 1 is 1.19 bits per heavy atom. The molecule has 0 saturated carbocycles. The third-order valence-electron chi connectivity index (χ3n) is 3.25. The number of carbonyl (C=O) groups is 1. The molecule has 5 nitrogen and oxygen atoms in total. The van der Waals surface area contributed by atoms with Crippen molar-refractivity contribution in [2.24, 2.45) is 4.99 Å². The third-order valence-corrected chi connectivity index (χ3v) is 3.25. The van der Waals surface area contributed by atoms with Crippen molar-refractivity contribution in [3.05, 3.63) is 29.3 Å². The highest BCUT2D eigenvalue weighted by atomic mass is 16.2. The van der Waals surface area contributed by atoms with Gasteiger partial charge in [0.15, 0.2) is 5.96 Å². The van der Waals surface area contributed by atoms with Gasteiger partial charge in [-0.3, -0.25) is 10.3 Å². The van der Waals surface area contributed by atoms with Crippen LogP contribution in [0.5, 0.6) is 0 Å². The minimum atomic E-state index is -0.281. The summed E-state index contributed by atoms with van der Waals surface area (Å²) in [5, 5.41) is 8.74. The van der Waals surface area contributed by atoms with Gasteiger partial charge in [-0.05, 0) is 31.4 Å². The highest BCUT2D eigenvalue weighted by Crippen LogP contribution is 2.18. The molecular formula is C16H26N4O. The second-order valence-electron chi connectivity index (χ2n) is 5.05. The Morgan fingerprint density at radius 3 is 2.43 bits per heavy atom. The van der Waals surface area contributed by atoms with E-state index in [1.807, 2.05) is 32.0 Å². The van der Waals surface area contributed by atoms with E-state index in [0.29, 0.717) is 5.96 Å². The Morgan fingerprint density at radius 2 is 1.86 bits per heavy atom. The van der Waals surface area contributed by atoms with Gasteiger partial charge >= 0.3 is 6.03 Å². The lowest BCUT2D eigenvalue weighted by atomic mass is 10.1. The zero-order valence-electron chi connectivity index (χ0n) is 13.4. The summed E-state index contributed by atoms with van der Waals surface area (Å²) in [6.45, 7) is 6.91. The molecule has 116 valence electrons. The van der Waals surface area contributed by atoms with E-state index < -0.39 is 0 Å². The van der Waals surface area contributed by atoms with E-state index in [4.69, 9.17) is 0 Å². The molecule has 0 heterocycles. The molecule has 0 unspecified atom stereocenters. The minimum absolute atomic E-state index is 0.281. The van der Waals surface area contributed by atoms with Crippen LogP contribution in [0.1, 0.15) is 37.3 Å². The van der Waals surface area contributed by atoms with Crippen molar-refractivity contribution in [3.63, 3.8) is 0 Å². The molecule has 1 aromatic rings. The fourth-order valence-electron chi connectivity index (χ4n) is 2.02. The molecule has 0 aromatic heterocycles. The molecule has 21 heavy (non-hydrogen) atoms. The maximum Gasteiger partial charge on any atom is 0.326 e. The van der Waals surface area contributed by atoms with Crippen LogP contribution in [0.15, 0.2) is 23.2 Å². The maximum atomic E-state index is 12.0. The van der Waals surface area contributed by atoms with Crippen molar-refractivity contribution < 1.29 is 4.79 Å². The Hall–Kier alpha value is -2.04. The van der Waals surface area contributed by atoms with Gasteiger partial charge < -0.3 is 10.6 Å². The first-order valence-electron chi connectivity index (χ1n) is 7.43. The van der Waals surface area contributed by atoms with Crippen LogP contribution in [-0.4, -0.2) is 25.6 Å². The average Bonchev–Trinajstić information content (AvgIpc) is 2.46. The highest BCUT2D eigenvalue weighted by Gasteiger charge is 2.08. The summed E-state index contributed by atoms with van der Waals surface area (Å²) in [7, 11) is 1.65. The number of hydrogen-bond acceptors (Lipinski definition) is 2. The van der Waals surface area contributed by atoms with Crippen LogP contribution in [0.2, 0.25) is 0 Å². The predicted octanol–water partition coefficient (Wildman–Crippen LogP) is 3.19. The third kappa shape index (κ3) is 5.85. The number of aliphatic imine (C=N–C) groups is 1. The lowest BCUT2D eigenvalue weighted by Gasteiger charge is -2.14. The van der Waals surface area contributed by atoms with Crippen molar-refractivity contribution in [2.75, 3.05) is 18.9 Å². The molecule has 1 aromatic carbocycles. The number of amides is 2. The van der Waals surface area contributed by atoms with Gasteiger partial charge in [-0.15, -0.1) is 0 Å². The first-order valence-corrected chi connectivity index (χ1v) is 7.43. The molecule has 1 rings (SSSR count). The van der Waals surface area contributed by atoms with Gasteiger partial charge in [0.1, 0.15) is 0 Å². The molecule has 0 saturated heterocycles.